The van der Waals surface area contributed by atoms with E-state index in [1.807, 2.05) is 0 Å². The summed E-state index contributed by atoms with van der Waals surface area (Å²) < 4.78 is 0. The first-order valence-electron chi connectivity index (χ1n) is 7.02. The van der Waals surface area contributed by atoms with E-state index in [4.69, 9.17) is 5.26 Å². The number of anilines is 1. The van der Waals surface area contributed by atoms with Crippen LogP contribution in [0.4, 0.5) is 5.69 Å². The van der Waals surface area contributed by atoms with E-state index in [1.54, 1.807) is 36.0 Å². The van der Waals surface area contributed by atoms with E-state index in [0.717, 1.165) is 11.4 Å². The number of hydrogen-bond acceptors (Lipinski definition) is 3. The van der Waals surface area contributed by atoms with Crippen LogP contribution in [-0.2, 0) is 10.5 Å². The summed E-state index contributed by atoms with van der Waals surface area (Å²) in [6.07, 6.45) is 0. The molecule has 0 aliphatic rings. The second kappa shape index (κ2) is 7.67. The van der Waals surface area contributed by atoms with E-state index in [2.05, 4.69) is 43.4 Å². The van der Waals surface area contributed by atoms with Gasteiger partial charge in [0.05, 0.1) is 17.4 Å². The molecular weight excluding hydrogens is 292 g/mol. The standard InChI is InChI=1S/C18H18N2OS/c1-13-7-14(2)9-16(8-13)11-22-12-18(21)20-17-5-3-15(10-19)4-6-17/h3-9H,11-12H2,1-2H3,(H,20,21). The van der Waals surface area contributed by atoms with Crippen molar-refractivity contribution in [3.05, 3.63) is 64.7 Å². The summed E-state index contributed by atoms with van der Waals surface area (Å²) in [6.45, 7) is 4.16. The number of aryl methyl sites for hydroxylation is 2. The zero-order valence-corrected chi connectivity index (χ0v) is 13.5. The summed E-state index contributed by atoms with van der Waals surface area (Å²) in [5.74, 6) is 1.20. The molecule has 0 atom stereocenters. The average Bonchev–Trinajstić information content (AvgIpc) is 2.47. The van der Waals surface area contributed by atoms with Gasteiger partial charge in [-0.2, -0.15) is 5.26 Å². The molecule has 0 unspecified atom stereocenters. The Kier molecular flexibility index (Phi) is 5.62. The topological polar surface area (TPSA) is 52.9 Å². The maximum atomic E-state index is 11.9. The molecule has 1 N–H and O–H groups in total. The van der Waals surface area contributed by atoms with Crippen LogP contribution in [0, 0.1) is 25.2 Å². The third-order valence-electron chi connectivity index (χ3n) is 3.08. The third kappa shape index (κ3) is 4.94. The Morgan fingerprint density at radius 2 is 1.77 bits per heavy atom. The highest BCUT2D eigenvalue weighted by Crippen LogP contribution is 2.16. The van der Waals surface area contributed by atoms with Crippen molar-refractivity contribution >= 4 is 23.4 Å². The molecule has 0 radical (unpaired) electrons. The lowest BCUT2D eigenvalue weighted by Gasteiger charge is -2.06. The first-order chi connectivity index (χ1) is 10.6. The van der Waals surface area contributed by atoms with Crippen LogP contribution in [0.5, 0.6) is 0 Å². The van der Waals surface area contributed by atoms with Gasteiger partial charge < -0.3 is 5.32 Å². The Bertz CT molecular complexity index is 682. The minimum absolute atomic E-state index is 0.0286. The second-order valence-electron chi connectivity index (χ2n) is 5.23. The number of nitriles is 1. The SMILES string of the molecule is Cc1cc(C)cc(CSCC(=O)Nc2ccc(C#N)cc2)c1. The summed E-state index contributed by atoms with van der Waals surface area (Å²) in [5, 5.41) is 11.6. The van der Waals surface area contributed by atoms with Crippen molar-refractivity contribution in [3.63, 3.8) is 0 Å². The van der Waals surface area contributed by atoms with Crippen molar-refractivity contribution in [3.8, 4) is 6.07 Å². The second-order valence-corrected chi connectivity index (χ2v) is 6.21. The highest BCUT2D eigenvalue weighted by Gasteiger charge is 2.04. The molecule has 0 saturated carbocycles. The molecule has 0 fully saturated rings. The van der Waals surface area contributed by atoms with Gasteiger partial charge in [-0.25, -0.2) is 0 Å². The van der Waals surface area contributed by atoms with Crippen LogP contribution in [0.2, 0.25) is 0 Å². The number of nitrogens with zero attached hydrogens (tertiary/aromatic N) is 1. The molecule has 22 heavy (non-hydrogen) atoms. The molecule has 0 aliphatic carbocycles. The minimum atomic E-state index is -0.0286. The molecule has 2 aromatic carbocycles. The normalized spacial score (nSPS) is 10.0. The first-order valence-corrected chi connectivity index (χ1v) is 8.17. The number of nitrogens with one attached hydrogen (secondary N) is 1. The summed E-state index contributed by atoms with van der Waals surface area (Å²) >= 11 is 1.59. The molecule has 3 nitrogen and oxygen atoms in total. The molecule has 0 bridgehead atoms. The molecule has 0 saturated heterocycles. The lowest BCUT2D eigenvalue weighted by molar-refractivity contribution is -0.113. The van der Waals surface area contributed by atoms with Crippen LogP contribution in [0.3, 0.4) is 0 Å². The van der Waals surface area contributed by atoms with Gasteiger partial charge in [0.25, 0.3) is 0 Å². The van der Waals surface area contributed by atoms with Gasteiger partial charge in [-0.05, 0) is 43.7 Å². The van der Waals surface area contributed by atoms with E-state index in [-0.39, 0.29) is 5.91 Å². The van der Waals surface area contributed by atoms with E-state index in [0.29, 0.717) is 11.3 Å². The molecule has 0 heterocycles. The van der Waals surface area contributed by atoms with Crippen LogP contribution in [-0.4, -0.2) is 11.7 Å². The first kappa shape index (κ1) is 16.1. The van der Waals surface area contributed by atoms with Crippen molar-refractivity contribution in [2.45, 2.75) is 19.6 Å². The molecule has 1 amide bonds. The summed E-state index contributed by atoms with van der Waals surface area (Å²) in [6, 6.07) is 15.4. The van der Waals surface area contributed by atoms with Gasteiger partial charge in [-0.15, -0.1) is 11.8 Å². The maximum absolute atomic E-state index is 11.9. The Hall–Kier alpha value is -2.25. The Balaban J connectivity index is 1.81. The summed E-state index contributed by atoms with van der Waals surface area (Å²) in [7, 11) is 0. The van der Waals surface area contributed by atoms with E-state index >= 15 is 0 Å². The predicted octanol–water partition coefficient (Wildman–Crippen LogP) is 4.05. The zero-order valence-electron chi connectivity index (χ0n) is 12.7. The monoisotopic (exact) mass is 310 g/mol. The fourth-order valence-electron chi connectivity index (χ4n) is 2.24. The number of benzene rings is 2. The fourth-order valence-corrected chi connectivity index (χ4v) is 3.00. The highest BCUT2D eigenvalue weighted by atomic mass is 32.2. The molecule has 0 spiro atoms. The lowest BCUT2D eigenvalue weighted by Crippen LogP contribution is -2.14. The Morgan fingerprint density at radius 1 is 1.14 bits per heavy atom. The van der Waals surface area contributed by atoms with Crippen LogP contribution >= 0.6 is 11.8 Å². The largest absolute Gasteiger partial charge is 0.325 e. The van der Waals surface area contributed by atoms with Gasteiger partial charge in [-0.1, -0.05) is 29.3 Å². The fraction of sp³-hybridized carbons (Fsp3) is 0.222. The molecule has 2 aromatic rings. The van der Waals surface area contributed by atoms with Crippen LogP contribution < -0.4 is 5.32 Å². The van der Waals surface area contributed by atoms with E-state index in [9.17, 15) is 4.79 Å². The van der Waals surface area contributed by atoms with Crippen molar-refractivity contribution < 1.29 is 4.79 Å². The minimum Gasteiger partial charge on any atom is -0.325 e. The number of rotatable bonds is 5. The van der Waals surface area contributed by atoms with Crippen LogP contribution in [0.1, 0.15) is 22.3 Å². The molecule has 4 heteroatoms. The third-order valence-corrected chi connectivity index (χ3v) is 4.08. The van der Waals surface area contributed by atoms with E-state index in [1.165, 1.54) is 16.7 Å². The predicted molar refractivity (Wildman–Crippen MR) is 91.9 cm³/mol. The lowest BCUT2D eigenvalue weighted by atomic mass is 10.1. The highest BCUT2D eigenvalue weighted by molar-refractivity contribution is 7.99. The van der Waals surface area contributed by atoms with Gasteiger partial charge in [-0.3, -0.25) is 4.79 Å². The van der Waals surface area contributed by atoms with Crippen molar-refractivity contribution in [2.75, 3.05) is 11.1 Å². The number of carbonyl (C=O) groups is 1. The number of carbonyl (C=O) groups excluding carboxylic acids is 1. The van der Waals surface area contributed by atoms with Gasteiger partial charge in [0.1, 0.15) is 0 Å². The van der Waals surface area contributed by atoms with Crippen molar-refractivity contribution in [2.24, 2.45) is 0 Å². The van der Waals surface area contributed by atoms with E-state index < -0.39 is 0 Å². The van der Waals surface area contributed by atoms with Gasteiger partial charge in [0.15, 0.2) is 0 Å². The average molecular weight is 310 g/mol. The van der Waals surface area contributed by atoms with Crippen LogP contribution in [0.15, 0.2) is 42.5 Å². The molecular formula is C18H18N2OS. The quantitative estimate of drug-likeness (QED) is 0.906. The Labute approximate surface area is 135 Å². The maximum Gasteiger partial charge on any atom is 0.234 e. The Morgan fingerprint density at radius 3 is 2.36 bits per heavy atom. The number of amides is 1. The summed E-state index contributed by atoms with van der Waals surface area (Å²) in [5.41, 5.74) is 5.04. The molecule has 2 rings (SSSR count). The number of hydrogen-bond donors (Lipinski definition) is 1. The van der Waals surface area contributed by atoms with Crippen LogP contribution in [0.25, 0.3) is 0 Å². The van der Waals surface area contributed by atoms with Gasteiger partial charge in [0, 0.05) is 11.4 Å². The van der Waals surface area contributed by atoms with Gasteiger partial charge in [0.2, 0.25) is 5.91 Å². The molecule has 112 valence electrons. The molecule has 0 aliphatic heterocycles. The smallest absolute Gasteiger partial charge is 0.234 e. The zero-order chi connectivity index (χ0) is 15.9. The summed E-state index contributed by atoms with van der Waals surface area (Å²) in [4.78, 5) is 11.9. The van der Waals surface area contributed by atoms with Crippen molar-refractivity contribution in [1.29, 1.82) is 5.26 Å². The number of thioether (sulfide) groups is 1. The van der Waals surface area contributed by atoms with Gasteiger partial charge >= 0.3 is 0 Å². The molecule has 0 aromatic heterocycles. The van der Waals surface area contributed by atoms with Crippen molar-refractivity contribution in [1.82, 2.24) is 0 Å².